The lowest BCUT2D eigenvalue weighted by molar-refractivity contribution is -0.137. The van der Waals surface area contributed by atoms with Crippen molar-refractivity contribution in [2.75, 3.05) is 19.8 Å². The van der Waals surface area contributed by atoms with Crippen molar-refractivity contribution in [2.24, 2.45) is 5.92 Å². The van der Waals surface area contributed by atoms with E-state index in [1.165, 1.54) is 12.1 Å². The molecule has 0 spiro atoms. The van der Waals surface area contributed by atoms with E-state index in [-0.39, 0.29) is 6.04 Å². The zero-order valence-corrected chi connectivity index (χ0v) is 12.8. The molecule has 0 fully saturated rings. The Kier molecular flexibility index (Phi) is 7.18. The molecule has 0 heterocycles. The van der Waals surface area contributed by atoms with Crippen LogP contribution in [-0.2, 0) is 10.9 Å². The second-order valence-electron chi connectivity index (χ2n) is 5.62. The third kappa shape index (κ3) is 6.96. The summed E-state index contributed by atoms with van der Waals surface area (Å²) in [4.78, 5) is 0. The van der Waals surface area contributed by atoms with Gasteiger partial charge in [-0.25, -0.2) is 0 Å². The van der Waals surface area contributed by atoms with Gasteiger partial charge in [0.25, 0.3) is 0 Å². The summed E-state index contributed by atoms with van der Waals surface area (Å²) in [5.74, 6) is 0.516. The van der Waals surface area contributed by atoms with Crippen molar-refractivity contribution in [1.82, 2.24) is 5.32 Å². The monoisotopic (exact) mass is 303 g/mol. The SMILES string of the molecule is CC(C)COCCCNC(C)c1cccc(C(F)(F)F)c1. The van der Waals surface area contributed by atoms with Gasteiger partial charge >= 0.3 is 6.18 Å². The van der Waals surface area contributed by atoms with Gasteiger partial charge in [-0.1, -0.05) is 26.0 Å². The summed E-state index contributed by atoms with van der Waals surface area (Å²) in [6.45, 7) is 8.17. The Hall–Kier alpha value is -1.07. The van der Waals surface area contributed by atoms with Gasteiger partial charge in [-0.3, -0.25) is 0 Å². The van der Waals surface area contributed by atoms with E-state index in [1.807, 2.05) is 6.92 Å². The Balaban J connectivity index is 2.37. The zero-order valence-electron chi connectivity index (χ0n) is 12.8. The van der Waals surface area contributed by atoms with Gasteiger partial charge in [0.05, 0.1) is 5.56 Å². The third-order valence-electron chi connectivity index (χ3n) is 3.08. The van der Waals surface area contributed by atoms with E-state index < -0.39 is 11.7 Å². The summed E-state index contributed by atoms with van der Waals surface area (Å²) in [6.07, 6.45) is -3.45. The van der Waals surface area contributed by atoms with E-state index in [2.05, 4.69) is 19.2 Å². The Morgan fingerprint density at radius 3 is 2.52 bits per heavy atom. The van der Waals surface area contributed by atoms with Crippen molar-refractivity contribution in [3.8, 4) is 0 Å². The van der Waals surface area contributed by atoms with Gasteiger partial charge in [-0.15, -0.1) is 0 Å². The van der Waals surface area contributed by atoms with Gasteiger partial charge < -0.3 is 10.1 Å². The number of nitrogens with one attached hydrogen (secondary N) is 1. The van der Waals surface area contributed by atoms with Gasteiger partial charge in [-0.05, 0) is 43.5 Å². The van der Waals surface area contributed by atoms with E-state index in [4.69, 9.17) is 4.74 Å². The maximum Gasteiger partial charge on any atom is 0.416 e. The average molecular weight is 303 g/mol. The first-order valence-corrected chi connectivity index (χ1v) is 7.29. The van der Waals surface area contributed by atoms with Gasteiger partial charge in [0, 0.05) is 19.3 Å². The van der Waals surface area contributed by atoms with Crippen LogP contribution in [0.5, 0.6) is 0 Å². The molecular formula is C16H24F3NO. The normalized spacial score (nSPS) is 13.7. The molecule has 1 aromatic carbocycles. The van der Waals surface area contributed by atoms with Crippen molar-refractivity contribution in [3.63, 3.8) is 0 Å². The minimum absolute atomic E-state index is 0.114. The lowest BCUT2D eigenvalue weighted by atomic mass is 10.0. The molecule has 0 aliphatic carbocycles. The average Bonchev–Trinajstić information content (AvgIpc) is 2.41. The molecule has 0 bridgehead atoms. The minimum atomic E-state index is -4.29. The van der Waals surface area contributed by atoms with Gasteiger partial charge in [0.2, 0.25) is 0 Å². The quantitative estimate of drug-likeness (QED) is 0.718. The molecule has 0 aromatic heterocycles. The highest BCUT2D eigenvalue weighted by Crippen LogP contribution is 2.30. The molecule has 0 amide bonds. The molecule has 5 heteroatoms. The van der Waals surface area contributed by atoms with Crippen LogP contribution < -0.4 is 5.32 Å². The topological polar surface area (TPSA) is 21.3 Å². The Morgan fingerprint density at radius 2 is 1.90 bits per heavy atom. The smallest absolute Gasteiger partial charge is 0.381 e. The first-order chi connectivity index (χ1) is 9.80. The van der Waals surface area contributed by atoms with Crippen molar-refractivity contribution in [2.45, 2.75) is 39.4 Å². The molecule has 1 atom stereocenters. The number of hydrogen-bond donors (Lipinski definition) is 1. The number of ether oxygens (including phenoxy) is 1. The number of hydrogen-bond acceptors (Lipinski definition) is 2. The van der Waals surface area contributed by atoms with E-state index in [0.717, 1.165) is 25.6 Å². The van der Waals surface area contributed by atoms with E-state index >= 15 is 0 Å². The molecule has 1 rings (SSSR count). The first-order valence-electron chi connectivity index (χ1n) is 7.29. The highest BCUT2D eigenvalue weighted by atomic mass is 19.4. The van der Waals surface area contributed by atoms with Crippen LogP contribution in [0.4, 0.5) is 13.2 Å². The predicted molar refractivity (Wildman–Crippen MR) is 78.1 cm³/mol. The molecule has 2 nitrogen and oxygen atoms in total. The third-order valence-corrected chi connectivity index (χ3v) is 3.08. The van der Waals surface area contributed by atoms with Crippen molar-refractivity contribution < 1.29 is 17.9 Å². The van der Waals surface area contributed by atoms with E-state index in [1.54, 1.807) is 6.07 Å². The Bertz CT molecular complexity index is 418. The maximum absolute atomic E-state index is 12.7. The molecular weight excluding hydrogens is 279 g/mol. The fourth-order valence-electron chi connectivity index (χ4n) is 1.91. The summed E-state index contributed by atoms with van der Waals surface area (Å²) >= 11 is 0. The molecule has 1 unspecified atom stereocenters. The van der Waals surface area contributed by atoms with Crippen molar-refractivity contribution in [1.29, 1.82) is 0 Å². The molecule has 1 N–H and O–H groups in total. The predicted octanol–water partition coefficient (Wildman–Crippen LogP) is 4.42. The molecule has 1 aromatic rings. The second kappa shape index (κ2) is 8.39. The molecule has 0 aliphatic rings. The molecule has 120 valence electrons. The summed E-state index contributed by atoms with van der Waals surface area (Å²) in [7, 11) is 0. The minimum Gasteiger partial charge on any atom is -0.381 e. The molecule has 0 saturated heterocycles. The Labute approximate surface area is 124 Å². The van der Waals surface area contributed by atoms with Crippen LogP contribution in [0.15, 0.2) is 24.3 Å². The van der Waals surface area contributed by atoms with Crippen LogP contribution in [0.25, 0.3) is 0 Å². The van der Waals surface area contributed by atoms with Crippen LogP contribution >= 0.6 is 0 Å². The molecule has 21 heavy (non-hydrogen) atoms. The zero-order chi connectivity index (χ0) is 15.9. The lowest BCUT2D eigenvalue weighted by Crippen LogP contribution is -2.21. The molecule has 0 radical (unpaired) electrons. The first kappa shape index (κ1) is 18.0. The van der Waals surface area contributed by atoms with Crippen LogP contribution in [0, 0.1) is 5.92 Å². The number of benzene rings is 1. The highest BCUT2D eigenvalue weighted by molar-refractivity contribution is 5.27. The van der Waals surface area contributed by atoms with E-state index in [0.29, 0.717) is 18.1 Å². The van der Waals surface area contributed by atoms with E-state index in [9.17, 15) is 13.2 Å². The fourth-order valence-corrected chi connectivity index (χ4v) is 1.91. The van der Waals surface area contributed by atoms with Crippen LogP contribution in [0.3, 0.4) is 0 Å². The lowest BCUT2D eigenvalue weighted by Gasteiger charge is -2.16. The standard InChI is InChI=1S/C16H24F3NO/c1-12(2)11-21-9-5-8-20-13(3)14-6-4-7-15(10-14)16(17,18)19/h4,6-7,10,12-13,20H,5,8-9,11H2,1-3H3. The summed E-state index contributed by atoms with van der Waals surface area (Å²) < 4.78 is 43.4. The van der Waals surface area contributed by atoms with Crippen LogP contribution in [-0.4, -0.2) is 19.8 Å². The second-order valence-corrected chi connectivity index (χ2v) is 5.62. The number of rotatable bonds is 8. The van der Waals surface area contributed by atoms with Gasteiger partial charge in [0.15, 0.2) is 0 Å². The van der Waals surface area contributed by atoms with Gasteiger partial charge in [-0.2, -0.15) is 13.2 Å². The van der Waals surface area contributed by atoms with Crippen LogP contribution in [0.1, 0.15) is 44.4 Å². The maximum atomic E-state index is 12.7. The highest BCUT2D eigenvalue weighted by Gasteiger charge is 2.30. The van der Waals surface area contributed by atoms with Crippen molar-refractivity contribution >= 4 is 0 Å². The molecule has 0 aliphatic heterocycles. The summed E-state index contributed by atoms with van der Waals surface area (Å²) in [6, 6.07) is 5.34. The summed E-state index contributed by atoms with van der Waals surface area (Å²) in [5, 5.41) is 3.22. The van der Waals surface area contributed by atoms with Crippen LogP contribution in [0.2, 0.25) is 0 Å². The number of halogens is 3. The van der Waals surface area contributed by atoms with Gasteiger partial charge in [0.1, 0.15) is 0 Å². The molecule has 0 saturated carbocycles. The summed E-state index contributed by atoms with van der Waals surface area (Å²) in [5.41, 5.74) is 0.0434. The van der Waals surface area contributed by atoms with Crippen molar-refractivity contribution in [3.05, 3.63) is 35.4 Å². The number of alkyl halides is 3. The fraction of sp³-hybridized carbons (Fsp3) is 0.625. The largest absolute Gasteiger partial charge is 0.416 e. The Morgan fingerprint density at radius 1 is 1.19 bits per heavy atom.